The Morgan fingerprint density at radius 3 is 2.62 bits per heavy atom. The van der Waals surface area contributed by atoms with Crippen molar-refractivity contribution in [1.82, 2.24) is 24.7 Å². The van der Waals surface area contributed by atoms with Crippen LogP contribution in [0.25, 0.3) is 10.9 Å². The number of piperazine rings is 1. The minimum Gasteiger partial charge on any atom is -0.369 e. The van der Waals surface area contributed by atoms with Gasteiger partial charge in [0.15, 0.2) is 0 Å². The molecule has 0 amide bonds. The number of fused-ring (bicyclic) bond motifs is 1. The van der Waals surface area contributed by atoms with Crippen LogP contribution in [0.15, 0.2) is 24.3 Å². The Labute approximate surface area is 194 Å². The van der Waals surface area contributed by atoms with E-state index >= 15 is 0 Å². The van der Waals surface area contributed by atoms with E-state index in [1.165, 1.54) is 38.8 Å². The van der Waals surface area contributed by atoms with Crippen LogP contribution in [0.5, 0.6) is 0 Å². The van der Waals surface area contributed by atoms with E-state index in [1.54, 1.807) is 0 Å². The molecule has 1 aliphatic carbocycles. The maximum atomic E-state index is 4.95. The second kappa shape index (κ2) is 10.4. The first-order chi connectivity index (χ1) is 15.4. The predicted molar refractivity (Wildman–Crippen MR) is 134 cm³/mol. The molecular formula is C26H42N6. The van der Waals surface area contributed by atoms with Gasteiger partial charge in [0.2, 0.25) is 0 Å². The topological polar surface area (TPSA) is 47.5 Å². The summed E-state index contributed by atoms with van der Waals surface area (Å²) in [5.41, 5.74) is 1.55. The SMILES string of the molecule is CN(C)CCCNc1nc(CN2CCN(C3CCCC(C)(C)C3)CC2)nc2ccccc12. The summed E-state index contributed by atoms with van der Waals surface area (Å²) in [6.45, 7) is 12.3. The highest BCUT2D eigenvalue weighted by atomic mass is 15.3. The zero-order valence-electron chi connectivity index (χ0n) is 20.6. The minimum absolute atomic E-state index is 0.509. The number of para-hydroxylation sites is 1. The molecule has 2 aliphatic rings. The van der Waals surface area contributed by atoms with Gasteiger partial charge in [-0.3, -0.25) is 9.80 Å². The van der Waals surface area contributed by atoms with Gasteiger partial charge < -0.3 is 10.2 Å². The van der Waals surface area contributed by atoms with Gasteiger partial charge in [0.25, 0.3) is 0 Å². The maximum Gasteiger partial charge on any atom is 0.145 e. The summed E-state index contributed by atoms with van der Waals surface area (Å²) >= 11 is 0. The number of hydrogen-bond donors (Lipinski definition) is 1. The summed E-state index contributed by atoms with van der Waals surface area (Å²) in [5, 5.41) is 4.69. The second-order valence-electron chi connectivity index (χ2n) is 10.8. The Morgan fingerprint density at radius 2 is 1.88 bits per heavy atom. The molecule has 1 atom stereocenters. The van der Waals surface area contributed by atoms with Crippen LogP contribution in [0, 0.1) is 5.41 Å². The molecule has 1 unspecified atom stereocenters. The van der Waals surface area contributed by atoms with E-state index < -0.39 is 0 Å². The molecule has 1 saturated carbocycles. The Bertz CT molecular complexity index is 872. The number of nitrogens with zero attached hydrogens (tertiary/aromatic N) is 5. The Kier molecular flexibility index (Phi) is 7.64. The average molecular weight is 439 g/mol. The lowest BCUT2D eigenvalue weighted by molar-refractivity contribution is 0.0458. The van der Waals surface area contributed by atoms with Gasteiger partial charge in [-0.15, -0.1) is 0 Å². The van der Waals surface area contributed by atoms with Crippen molar-refractivity contribution in [2.45, 2.75) is 58.5 Å². The Balaban J connectivity index is 1.37. The lowest BCUT2D eigenvalue weighted by Crippen LogP contribution is -2.51. The van der Waals surface area contributed by atoms with Gasteiger partial charge in [-0.25, -0.2) is 9.97 Å². The van der Waals surface area contributed by atoms with Crippen molar-refractivity contribution in [3.05, 3.63) is 30.1 Å². The lowest BCUT2D eigenvalue weighted by Gasteiger charge is -2.44. The molecule has 0 bridgehead atoms. The van der Waals surface area contributed by atoms with Crippen LogP contribution in [0.4, 0.5) is 5.82 Å². The van der Waals surface area contributed by atoms with Gasteiger partial charge in [-0.05, 0) is 63.9 Å². The molecule has 4 rings (SSSR count). The normalized spacial score (nSPS) is 22.5. The second-order valence-corrected chi connectivity index (χ2v) is 10.8. The number of anilines is 1. The predicted octanol–water partition coefficient (Wildman–Crippen LogP) is 4.08. The van der Waals surface area contributed by atoms with Crippen LogP contribution < -0.4 is 5.32 Å². The van der Waals surface area contributed by atoms with Crippen LogP contribution in [-0.2, 0) is 6.54 Å². The molecule has 1 N–H and O–H groups in total. The van der Waals surface area contributed by atoms with Gasteiger partial charge in [0.05, 0.1) is 12.1 Å². The van der Waals surface area contributed by atoms with Crippen molar-refractivity contribution >= 4 is 16.7 Å². The van der Waals surface area contributed by atoms with Crippen molar-refractivity contribution in [2.75, 3.05) is 58.7 Å². The first-order valence-corrected chi connectivity index (χ1v) is 12.5. The van der Waals surface area contributed by atoms with Crippen molar-refractivity contribution in [1.29, 1.82) is 0 Å². The highest BCUT2D eigenvalue weighted by Gasteiger charge is 2.32. The molecule has 0 spiro atoms. The third-order valence-corrected chi connectivity index (χ3v) is 7.19. The average Bonchev–Trinajstić information content (AvgIpc) is 2.76. The monoisotopic (exact) mass is 438 g/mol. The van der Waals surface area contributed by atoms with Crippen LogP contribution in [0.1, 0.15) is 51.8 Å². The van der Waals surface area contributed by atoms with E-state index in [0.29, 0.717) is 5.41 Å². The molecule has 6 heteroatoms. The van der Waals surface area contributed by atoms with Crippen molar-refractivity contribution < 1.29 is 0 Å². The zero-order chi connectivity index (χ0) is 22.6. The number of hydrogen-bond acceptors (Lipinski definition) is 6. The van der Waals surface area contributed by atoms with Crippen molar-refractivity contribution in [3.8, 4) is 0 Å². The third-order valence-electron chi connectivity index (χ3n) is 7.19. The molecule has 176 valence electrons. The Morgan fingerprint density at radius 1 is 1.09 bits per heavy atom. The van der Waals surface area contributed by atoms with Crippen LogP contribution >= 0.6 is 0 Å². The van der Waals surface area contributed by atoms with Gasteiger partial charge >= 0.3 is 0 Å². The van der Waals surface area contributed by atoms with E-state index in [1.807, 2.05) is 0 Å². The quantitative estimate of drug-likeness (QED) is 0.627. The summed E-state index contributed by atoms with van der Waals surface area (Å²) in [7, 11) is 4.24. The molecule has 1 aromatic carbocycles. The van der Waals surface area contributed by atoms with Crippen molar-refractivity contribution in [3.63, 3.8) is 0 Å². The van der Waals surface area contributed by atoms with E-state index in [4.69, 9.17) is 9.97 Å². The minimum atomic E-state index is 0.509. The summed E-state index contributed by atoms with van der Waals surface area (Å²) < 4.78 is 0. The van der Waals surface area contributed by atoms with Crippen LogP contribution in [0.3, 0.4) is 0 Å². The number of benzene rings is 1. The number of aromatic nitrogens is 2. The van der Waals surface area contributed by atoms with Crippen LogP contribution in [-0.4, -0.2) is 84.1 Å². The van der Waals surface area contributed by atoms with Gasteiger partial charge in [0.1, 0.15) is 11.6 Å². The third kappa shape index (κ3) is 6.18. The van der Waals surface area contributed by atoms with Gasteiger partial charge in [-0.2, -0.15) is 0 Å². The van der Waals surface area contributed by atoms with E-state index in [9.17, 15) is 0 Å². The highest BCUT2D eigenvalue weighted by molar-refractivity contribution is 5.88. The largest absolute Gasteiger partial charge is 0.369 e. The maximum absolute atomic E-state index is 4.95. The van der Waals surface area contributed by atoms with E-state index in [0.717, 1.165) is 67.7 Å². The molecule has 0 radical (unpaired) electrons. The molecule has 2 fully saturated rings. The summed E-state index contributed by atoms with van der Waals surface area (Å²) in [4.78, 5) is 17.3. The number of nitrogens with one attached hydrogen (secondary N) is 1. The fraction of sp³-hybridized carbons (Fsp3) is 0.692. The molecule has 1 saturated heterocycles. The van der Waals surface area contributed by atoms with E-state index in [-0.39, 0.29) is 0 Å². The summed E-state index contributed by atoms with van der Waals surface area (Å²) in [6.07, 6.45) is 6.59. The molecule has 1 aromatic heterocycles. The zero-order valence-corrected chi connectivity index (χ0v) is 20.6. The molecule has 6 nitrogen and oxygen atoms in total. The van der Waals surface area contributed by atoms with Crippen LogP contribution in [0.2, 0.25) is 0 Å². The molecule has 1 aliphatic heterocycles. The molecule has 32 heavy (non-hydrogen) atoms. The summed E-state index contributed by atoms with van der Waals surface area (Å²) in [5.74, 6) is 1.92. The smallest absolute Gasteiger partial charge is 0.145 e. The Hall–Kier alpha value is -1.76. The first kappa shape index (κ1) is 23.4. The molecule has 2 aromatic rings. The van der Waals surface area contributed by atoms with E-state index in [2.05, 4.69) is 72.2 Å². The fourth-order valence-electron chi connectivity index (χ4n) is 5.39. The molecular weight excluding hydrogens is 396 g/mol. The lowest BCUT2D eigenvalue weighted by atomic mass is 9.74. The van der Waals surface area contributed by atoms with Gasteiger partial charge in [0, 0.05) is 44.2 Å². The van der Waals surface area contributed by atoms with Gasteiger partial charge in [-0.1, -0.05) is 32.4 Å². The number of rotatable bonds is 8. The fourth-order valence-corrected chi connectivity index (χ4v) is 5.39. The molecule has 2 heterocycles. The standard InChI is InChI=1S/C26H42N6/c1-26(2)12-7-9-21(19-26)32-17-15-31(16-18-32)20-24-28-23-11-6-5-10-22(23)25(29-24)27-13-8-14-30(3)4/h5-6,10-11,21H,7-9,12-20H2,1-4H3,(H,27,28,29). The van der Waals surface area contributed by atoms with Crippen molar-refractivity contribution in [2.24, 2.45) is 5.41 Å². The first-order valence-electron chi connectivity index (χ1n) is 12.5. The highest BCUT2D eigenvalue weighted by Crippen LogP contribution is 2.37. The summed E-state index contributed by atoms with van der Waals surface area (Å²) in [6, 6.07) is 9.14.